The lowest BCUT2D eigenvalue weighted by molar-refractivity contribution is -0.121. The van der Waals surface area contributed by atoms with Crippen molar-refractivity contribution in [2.75, 3.05) is 30.3 Å². The van der Waals surface area contributed by atoms with Crippen LogP contribution in [-0.2, 0) is 11.3 Å². The van der Waals surface area contributed by atoms with Gasteiger partial charge in [0.25, 0.3) is 0 Å². The number of rotatable bonds is 8. The standard InChI is InChI=1S/C19H24N6O/c1-3-20-17-12-18(24-14(2)23-17)21-9-10-22-19(26)13-25-11-8-15-6-4-5-7-16(15)25/h4-8,11-12H,3,9-10,13H2,1-2H3,(H,22,26)(H2,20,21,23,24). The lowest BCUT2D eigenvalue weighted by atomic mass is 10.2. The van der Waals surface area contributed by atoms with Gasteiger partial charge in [0.05, 0.1) is 0 Å². The zero-order valence-electron chi connectivity index (χ0n) is 15.1. The van der Waals surface area contributed by atoms with Crippen molar-refractivity contribution in [1.29, 1.82) is 0 Å². The Balaban J connectivity index is 1.47. The largest absolute Gasteiger partial charge is 0.370 e. The van der Waals surface area contributed by atoms with E-state index in [-0.39, 0.29) is 5.91 Å². The summed E-state index contributed by atoms with van der Waals surface area (Å²) in [6.07, 6.45) is 1.94. The molecular weight excluding hydrogens is 328 g/mol. The third kappa shape index (κ3) is 4.50. The van der Waals surface area contributed by atoms with E-state index in [1.54, 1.807) is 0 Å². The first kappa shape index (κ1) is 17.7. The summed E-state index contributed by atoms with van der Waals surface area (Å²) in [5.74, 6) is 2.24. The lowest BCUT2D eigenvalue weighted by Crippen LogP contribution is -2.31. The SMILES string of the molecule is CCNc1cc(NCCNC(=O)Cn2ccc3ccccc32)nc(C)n1. The number of anilines is 2. The molecule has 3 N–H and O–H groups in total. The van der Waals surface area contributed by atoms with Crippen LogP contribution in [0.3, 0.4) is 0 Å². The second-order valence-electron chi connectivity index (χ2n) is 6.00. The van der Waals surface area contributed by atoms with Crippen molar-refractivity contribution in [2.45, 2.75) is 20.4 Å². The molecule has 2 heterocycles. The Labute approximate surface area is 152 Å². The molecule has 0 radical (unpaired) electrons. The van der Waals surface area contributed by atoms with Crippen LogP contribution in [0.5, 0.6) is 0 Å². The van der Waals surface area contributed by atoms with Crippen molar-refractivity contribution in [3.8, 4) is 0 Å². The summed E-state index contributed by atoms with van der Waals surface area (Å²) in [4.78, 5) is 20.8. The maximum Gasteiger partial charge on any atom is 0.240 e. The van der Waals surface area contributed by atoms with Gasteiger partial charge in [-0.25, -0.2) is 9.97 Å². The van der Waals surface area contributed by atoms with Crippen LogP contribution in [0.15, 0.2) is 42.6 Å². The minimum absolute atomic E-state index is 0.0136. The minimum Gasteiger partial charge on any atom is -0.370 e. The molecule has 7 nitrogen and oxygen atoms in total. The average Bonchev–Trinajstić information content (AvgIpc) is 3.02. The van der Waals surface area contributed by atoms with Crippen molar-refractivity contribution in [3.05, 3.63) is 48.4 Å². The molecule has 1 aromatic carbocycles. The van der Waals surface area contributed by atoms with Crippen LogP contribution < -0.4 is 16.0 Å². The molecule has 0 aliphatic rings. The summed E-state index contributed by atoms with van der Waals surface area (Å²) in [6, 6.07) is 11.9. The number of carbonyl (C=O) groups excluding carboxylic acids is 1. The normalized spacial score (nSPS) is 10.7. The summed E-state index contributed by atoms with van der Waals surface area (Å²) in [5.41, 5.74) is 1.06. The Hall–Kier alpha value is -3.09. The first-order chi connectivity index (χ1) is 12.7. The van der Waals surface area contributed by atoms with E-state index in [1.165, 1.54) is 0 Å². The van der Waals surface area contributed by atoms with E-state index < -0.39 is 0 Å². The van der Waals surface area contributed by atoms with E-state index in [4.69, 9.17) is 0 Å². The summed E-state index contributed by atoms with van der Waals surface area (Å²) >= 11 is 0. The number of amides is 1. The first-order valence-corrected chi connectivity index (χ1v) is 8.79. The van der Waals surface area contributed by atoms with Gasteiger partial charge in [0.2, 0.25) is 5.91 Å². The third-order valence-corrected chi connectivity index (χ3v) is 3.94. The molecule has 3 rings (SSSR count). The van der Waals surface area contributed by atoms with Crippen molar-refractivity contribution < 1.29 is 4.79 Å². The van der Waals surface area contributed by atoms with Crippen molar-refractivity contribution in [1.82, 2.24) is 19.9 Å². The van der Waals surface area contributed by atoms with Crippen LogP contribution in [0, 0.1) is 6.92 Å². The number of nitrogens with one attached hydrogen (secondary N) is 3. The molecule has 0 saturated carbocycles. The highest BCUT2D eigenvalue weighted by Gasteiger charge is 2.06. The highest BCUT2D eigenvalue weighted by atomic mass is 16.1. The zero-order chi connectivity index (χ0) is 18.4. The van der Waals surface area contributed by atoms with Crippen molar-refractivity contribution >= 4 is 28.4 Å². The van der Waals surface area contributed by atoms with Crippen LogP contribution in [0.25, 0.3) is 10.9 Å². The van der Waals surface area contributed by atoms with Crippen LogP contribution in [0.1, 0.15) is 12.7 Å². The number of fused-ring (bicyclic) bond motifs is 1. The lowest BCUT2D eigenvalue weighted by Gasteiger charge is -2.10. The summed E-state index contributed by atoms with van der Waals surface area (Å²) in [6.45, 7) is 6.12. The molecule has 0 bridgehead atoms. The first-order valence-electron chi connectivity index (χ1n) is 8.79. The van der Waals surface area contributed by atoms with E-state index >= 15 is 0 Å². The van der Waals surface area contributed by atoms with Gasteiger partial charge < -0.3 is 20.5 Å². The minimum atomic E-state index is -0.0136. The van der Waals surface area contributed by atoms with Gasteiger partial charge in [0, 0.05) is 37.4 Å². The van der Waals surface area contributed by atoms with Gasteiger partial charge in [-0.2, -0.15) is 0 Å². The molecule has 0 spiro atoms. The van der Waals surface area contributed by atoms with Gasteiger partial charge >= 0.3 is 0 Å². The Kier molecular flexibility index (Phi) is 5.68. The van der Waals surface area contributed by atoms with Gasteiger partial charge in [0.1, 0.15) is 24.0 Å². The Bertz CT molecular complexity index is 889. The second-order valence-corrected chi connectivity index (χ2v) is 6.00. The predicted octanol–water partition coefficient (Wildman–Crippen LogP) is 2.40. The summed E-state index contributed by atoms with van der Waals surface area (Å²) in [5, 5.41) is 10.5. The molecule has 136 valence electrons. The predicted molar refractivity (Wildman–Crippen MR) is 104 cm³/mol. The smallest absolute Gasteiger partial charge is 0.240 e. The van der Waals surface area contributed by atoms with Crippen LogP contribution in [0.4, 0.5) is 11.6 Å². The van der Waals surface area contributed by atoms with Crippen LogP contribution >= 0.6 is 0 Å². The molecule has 0 atom stereocenters. The van der Waals surface area contributed by atoms with E-state index in [0.717, 1.165) is 29.1 Å². The number of nitrogens with zero attached hydrogens (tertiary/aromatic N) is 3. The molecule has 7 heteroatoms. The number of aryl methyl sites for hydroxylation is 1. The molecule has 2 aromatic heterocycles. The molecule has 1 amide bonds. The topological polar surface area (TPSA) is 83.9 Å². The quantitative estimate of drug-likeness (QED) is 0.542. The maximum atomic E-state index is 12.2. The number of hydrogen-bond donors (Lipinski definition) is 3. The Morgan fingerprint density at radius 1 is 1.08 bits per heavy atom. The fraction of sp³-hybridized carbons (Fsp3) is 0.316. The summed E-state index contributed by atoms with van der Waals surface area (Å²) < 4.78 is 1.95. The van der Waals surface area contributed by atoms with E-state index in [1.807, 2.05) is 61.0 Å². The van der Waals surface area contributed by atoms with E-state index in [0.29, 0.717) is 25.5 Å². The fourth-order valence-electron chi connectivity index (χ4n) is 2.81. The van der Waals surface area contributed by atoms with E-state index in [2.05, 4.69) is 25.9 Å². The zero-order valence-corrected chi connectivity index (χ0v) is 15.1. The number of aromatic nitrogens is 3. The van der Waals surface area contributed by atoms with Crippen molar-refractivity contribution in [3.63, 3.8) is 0 Å². The summed E-state index contributed by atoms with van der Waals surface area (Å²) in [7, 11) is 0. The van der Waals surface area contributed by atoms with Crippen LogP contribution in [0.2, 0.25) is 0 Å². The molecule has 0 saturated heterocycles. The van der Waals surface area contributed by atoms with Gasteiger partial charge in [-0.15, -0.1) is 0 Å². The van der Waals surface area contributed by atoms with Crippen molar-refractivity contribution in [2.24, 2.45) is 0 Å². The number of benzene rings is 1. The number of carbonyl (C=O) groups is 1. The third-order valence-electron chi connectivity index (χ3n) is 3.94. The van der Waals surface area contributed by atoms with Gasteiger partial charge in [-0.05, 0) is 31.4 Å². The Morgan fingerprint density at radius 2 is 1.85 bits per heavy atom. The van der Waals surface area contributed by atoms with Crippen LogP contribution in [-0.4, -0.2) is 40.1 Å². The molecule has 0 fully saturated rings. The molecule has 26 heavy (non-hydrogen) atoms. The molecular formula is C19H24N6O. The molecule has 3 aromatic rings. The highest BCUT2D eigenvalue weighted by Crippen LogP contribution is 2.14. The monoisotopic (exact) mass is 352 g/mol. The van der Waals surface area contributed by atoms with E-state index in [9.17, 15) is 4.79 Å². The second kappa shape index (κ2) is 8.33. The molecule has 0 unspecified atom stereocenters. The fourth-order valence-corrected chi connectivity index (χ4v) is 2.81. The average molecular weight is 352 g/mol. The van der Waals surface area contributed by atoms with Gasteiger partial charge in [-0.1, -0.05) is 18.2 Å². The highest BCUT2D eigenvalue weighted by molar-refractivity contribution is 5.83. The molecule has 0 aliphatic carbocycles. The number of hydrogen-bond acceptors (Lipinski definition) is 5. The Morgan fingerprint density at radius 3 is 2.65 bits per heavy atom. The molecule has 0 aliphatic heterocycles. The van der Waals surface area contributed by atoms with Gasteiger partial charge in [-0.3, -0.25) is 4.79 Å². The maximum absolute atomic E-state index is 12.2. The van der Waals surface area contributed by atoms with Gasteiger partial charge in [0.15, 0.2) is 0 Å². The number of para-hydroxylation sites is 1.